The zero-order valence-electron chi connectivity index (χ0n) is 9.64. The third-order valence-corrected chi connectivity index (χ3v) is 3.17. The maximum atomic E-state index is 11.8. The summed E-state index contributed by atoms with van der Waals surface area (Å²) in [5.74, 6) is -0.909. The Morgan fingerprint density at radius 3 is 2.76 bits per heavy atom. The van der Waals surface area contributed by atoms with Crippen LogP contribution in [0.3, 0.4) is 0 Å². The van der Waals surface area contributed by atoms with Crippen molar-refractivity contribution in [3.63, 3.8) is 0 Å². The molecule has 0 unspecified atom stereocenters. The van der Waals surface area contributed by atoms with Crippen LogP contribution in [0.1, 0.15) is 12.0 Å². The van der Waals surface area contributed by atoms with Gasteiger partial charge in [0.1, 0.15) is 0 Å². The number of amides is 2. The topological polar surface area (TPSA) is 89.4 Å². The highest BCUT2D eigenvalue weighted by Crippen LogP contribution is 2.30. The van der Waals surface area contributed by atoms with Crippen molar-refractivity contribution in [2.24, 2.45) is 11.7 Å². The molecule has 1 saturated heterocycles. The van der Waals surface area contributed by atoms with Gasteiger partial charge in [0.05, 0.1) is 5.92 Å². The molecule has 0 bridgehead atoms. The highest BCUT2D eigenvalue weighted by atomic mass is 16.2. The van der Waals surface area contributed by atoms with Crippen LogP contribution in [0.2, 0.25) is 0 Å². The zero-order valence-corrected chi connectivity index (χ0v) is 9.64. The molecule has 0 aliphatic carbocycles. The van der Waals surface area contributed by atoms with Crippen molar-refractivity contribution in [1.29, 1.82) is 0 Å². The molecule has 1 fully saturated rings. The van der Waals surface area contributed by atoms with Gasteiger partial charge in [-0.05, 0) is 24.6 Å². The van der Waals surface area contributed by atoms with E-state index in [0.29, 0.717) is 12.2 Å². The predicted molar refractivity (Wildman–Crippen MR) is 65.2 cm³/mol. The smallest absolute Gasteiger partial charge is 0.227 e. The first-order valence-electron chi connectivity index (χ1n) is 5.45. The lowest BCUT2D eigenvalue weighted by Crippen LogP contribution is -2.28. The molecular formula is C12H15N3O2. The minimum atomic E-state index is -0.428. The van der Waals surface area contributed by atoms with Crippen LogP contribution in [-0.4, -0.2) is 18.4 Å². The number of benzene rings is 1. The maximum absolute atomic E-state index is 11.8. The Morgan fingerprint density at radius 2 is 2.18 bits per heavy atom. The summed E-state index contributed by atoms with van der Waals surface area (Å²) >= 11 is 0. The quantitative estimate of drug-likeness (QED) is 0.725. The Hall–Kier alpha value is -2.04. The fourth-order valence-electron chi connectivity index (χ4n) is 2.06. The number of nitrogens with two attached hydrogens (primary N) is 2. The molecule has 1 aromatic carbocycles. The lowest BCUT2D eigenvalue weighted by molar-refractivity contribution is -0.123. The third-order valence-electron chi connectivity index (χ3n) is 3.17. The summed E-state index contributed by atoms with van der Waals surface area (Å²) in [5.41, 5.74) is 13.3. The summed E-state index contributed by atoms with van der Waals surface area (Å²) < 4.78 is 0. The van der Waals surface area contributed by atoms with Gasteiger partial charge in [0, 0.05) is 24.3 Å². The average Bonchev–Trinajstić information content (AvgIpc) is 2.65. The third kappa shape index (κ3) is 1.95. The molecule has 0 aromatic heterocycles. The second-order valence-electron chi connectivity index (χ2n) is 4.30. The van der Waals surface area contributed by atoms with Crippen LogP contribution >= 0.6 is 0 Å². The first-order valence-corrected chi connectivity index (χ1v) is 5.45. The van der Waals surface area contributed by atoms with Crippen molar-refractivity contribution in [1.82, 2.24) is 0 Å². The van der Waals surface area contributed by atoms with Crippen molar-refractivity contribution in [3.8, 4) is 0 Å². The normalized spacial score (nSPS) is 19.7. The SMILES string of the molecule is Cc1c(N)cccc1N1C[C@H](C(N)=O)CC1=O. The van der Waals surface area contributed by atoms with Gasteiger partial charge in [-0.15, -0.1) is 0 Å². The van der Waals surface area contributed by atoms with Crippen LogP contribution in [0.4, 0.5) is 11.4 Å². The van der Waals surface area contributed by atoms with Crippen LogP contribution in [0.5, 0.6) is 0 Å². The van der Waals surface area contributed by atoms with Gasteiger partial charge < -0.3 is 16.4 Å². The first kappa shape index (κ1) is 11.4. The monoisotopic (exact) mass is 233 g/mol. The first-order chi connectivity index (χ1) is 8.00. The van der Waals surface area contributed by atoms with Crippen molar-refractivity contribution >= 4 is 23.2 Å². The molecular weight excluding hydrogens is 218 g/mol. The number of nitrogens with zero attached hydrogens (tertiary/aromatic N) is 1. The molecule has 1 aliphatic heterocycles. The highest BCUT2D eigenvalue weighted by molar-refractivity contribution is 6.01. The fraction of sp³-hybridized carbons (Fsp3) is 0.333. The molecule has 2 rings (SSSR count). The zero-order chi connectivity index (χ0) is 12.6. The van der Waals surface area contributed by atoms with Gasteiger partial charge in [-0.25, -0.2) is 0 Å². The minimum absolute atomic E-state index is 0.0810. The van der Waals surface area contributed by atoms with Gasteiger partial charge >= 0.3 is 0 Å². The predicted octanol–water partition coefficient (Wildman–Crippen LogP) is 0.415. The number of carbonyl (C=O) groups excluding carboxylic acids is 2. The summed E-state index contributed by atoms with van der Waals surface area (Å²) in [4.78, 5) is 24.5. The number of carbonyl (C=O) groups is 2. The van der Waals surface area contributed by atoms with Crippen molar-refractivity contribution in [3.05, 3.63) is 23.8 Å². The number of primary amides is 1. The molecule has 1 aromatic rings. The van der Waals surface area contributed by atoms with Gasteiger partial charge in [0.25, 0.3) is 0 Å². The molecule has 0 radical (unpaired) electrons. The molecule has 4 N–H and O–H groups in total. The molecule has 1 atom stereocenters. The average molecular weight is 233 g/mol. The molecule has 1 heterocycles. The van der Waals surface area contributed by atoms with Crippen molar-refractivity contribution < 1.29 is 9.59 Å². The van der Waals surface area contributed by atoms with E-state index in [9.17, 15) is 9.59 Å². The molecule has 5 nitrogen and oxygen atoms in total. The van der Waals surface area contributed by atoms with Crippen LogP contribution in [0, 0.1) is 12.8 Å². The van der Waals surface area contributed by atoms with Crippen LogP contribution < -0.4 is 16.4 Å². The van der Waals surface area contributed by atoms with E-state index in [1.165, 1.54) is 0 Å². The number of hydrogen-bond acceptors (Lipinski definition) is 3. The van der Waals surface area contributed by atoms with E-state index in [1.807, 2.05) is 13.0 Å². The summed E-state index contributed by atoms with van der Waals surface area (Å²) in [7, 11) is 0. The Labute approximate surface area is 99.4 Å². The van der Waals surface area contributed by atoms with E-state index in [4.69, 9.17) is 11.5 Å². The van der Waals surface area contributed by atoms with Gasteiger partial charge in [-0.3, -0.25) is 9.59 Å². The van der Waals surface area contributed by atoms with Gasteiger partial charge in [-0.2, -0.15) is 0 Å². The van der Waals surface area contributed by atoms with Gasteiger partial charge in [-0.1, -0.05) is 6.07 Å². The maximum Gasteiger partial charge on any atom is 0.227 e. The molecule has 90 valence electrons. The fourth-order valence-corrected chi connectivity index (χ4v) is 2.06. The molecule has 1 aliphatic rings. The summed E-state index contributed by atoms with van der Waals surface area (Å²) in [6.07, 6.45) is 0.184. The van der Waals surface area contributed by atoms with E-state index in [0.717, 1.165) is 11.3 Å². The van der Waals surface area contributed by atoms with E-state index in [-0.39, 0.29) is 12.3 Å². The number of rotatable bonds is 2. The lowest BCUT2D eigenvalue weighted by Gasteiger charge is -2.19. The van der Waals surface area contributed by atoms with Crippen LogP contribution in [0.25, 0.3) is 0 Å². The summed E-state index contributed by atoms with van der Waals surface area (Å²) in [5, 5.41) is 0. The van der Waals surface area contributed by atoms with Crippen molar-refractivity contribution in [2.45, 2.75) is 13.3 Å². The van der Waals surface area contributed by atoms with Crippen molar-refractivity contribution in [2.75, 3.05) is 17.2 Å². The van der Waals surface area contributed by atoms with E-state index >= 15 is 0 Å². The molecule has 5 heteroatoms. The molecule has 0 spiro atoms. The van der Waals surface area contributed by atoms with Crippen LogP contribution in [0.15, 0.2) is 18.2 Å². The Bertz CT molecular complexity index is 485. The standard InChI is InChI=1S/C12H15N3O2/c1-7-9(13)3-2-4-10(7)15-6-8(12(14)17)5-11(15)16/h2-4,8H,5-6,13H2,1H3,(H2,14,17)/t8-/m1/s1. The number of nitrogen functional groups attached to an aromatic ring is 1. The largest absolute Gasteiger partial charge is 0.398 e. The second-order valence-corrected chi connectivity index (χ2v) is 4.30. The van der Waals surface area contributed by atoms with Crippen LogP contribution in [-0.2, 0) is 9.59 Å². The number of hydrogen-bond donors (Lipinski definition) is 2. The summed E-state index contributed by atoms with van der Waals surface area (Å²) in [6, 6.07) is 5.40. The number of anilines is 2. The van der Waals surface area contributed by atoms with E-state index in [2.05, 4.69) is 0 Å². The molecule has 17 heavy (non-hydrogen) atoms. The Balaban J connectivity index is 2.32. The molecule has 2 amide bonds. The lowest BCUT2D eigenvalue weighted by atomic mass is 10.1. The molecule has 0 saturated carbocycles. The van der Waals surface area contributed by atoms with Gasteiger partial charge in [0.15, 0.2) is 0 Å². The second kappa shape index (κ2) is 4.08. The Morgan fingerprint density at radius 1 is 1.47 bits per heavy atom. The Kier molecular flexibility index (Phi) is 2.75. The van der Waals surface area contributed by atoms with Gasteiger partial charge in [0.2, 0.25) is 11.8 Å². The van der Waals surface area contributed by atoms with E-state index in [1.54, 1.807) is 17.0 Å². The minimum Gasteiger partial charge on any atom is -0.398 e. The summed E-state index contributed by atoms with van der Waals surface area (Å²) in [6.45, 7) is 2.20. The van der Waals surface area contributed by atoms with E-state index < -0.39 is 11.8 Å². The highest BCUT2D eigenvalue weighted by Gasteiger charge is 2.34.